The minimum absolute atomic E-state index is 0.838. The summed E-state index contributed by atoms with van der Waals surface area (Å²) in [4.78, 5) is 11.4. The second-order valence-corrected chi connectivity index (χ2v) is 4.86. The molecule has 1 aromatic carbocycles. The molecule has 0 N–H and O–H groups in total. The third-order valence-electron chi connectivity index (χ3n) is 1.87. The number of hydrogen-bond acceptors (Lipinski definition) is 3. The fraction of sp³-hybridized carbons (Fsp3) is 0. The van der Waals surface area contributed by atoms with Crippen molar-refractivity contribution in [2.24, 2.45) is 0 Å². The number of allylic oxidation sites excluding steroid dienone is 2. The monoisotopic (exact) mass is 220 g/mol. The van der Waals surface area contributed by atoms with Crippen molar-refractivity contribution < 1.29 is 4.79 Å². The predicted molar refractivity (Wildman–Crippen MR) is 63.7 cm³/mol. The summed E-state index contributed by atoms with van der Waals surface area (Å²) in [6, 6.07) is 10.1. The van der Waals surface area contributed by atoms with Gasteiger partial charge in [0.1, 0.15) is 6.29 Å². The van der Waals surface area contributed by atoms with E-state index in [2.05, 4.69) is 17.5 Å². The van der Waals surface area contributed by atoms with E-state index in [9.17, 15) is 4.79 Å². The van der Waals surface area contributed by atoms with Crippen LogP contribution >= 0.6 is 21.6 Å². The topological polar surface area (TPSA) is 17.1 Å². The quantitative estimate of drug-likeness (QED) is 0.431. The lowest BCUT2D eigenvalue weighted by molar-refractivity contribution is -0.104. The molecule has 1 heterocycles. The van der Waals surface area contributed by atoms with E-state index in [-0.39, 0.29) is 0 Å². The lowest BCUT2D eigenvalue weighted by Gasteiger charge is -2.02. The van der Waals surface area contributed by atoms with E-state index in [0.717, 1.165) is 22.3 Å². The van der Waals surface area contributed by atoms with Gasteiger partial charge in [0.15, 0.2) is 0 Å². The molecule has 0 saturated carbocycles. The smallest absolute Gasteiger partial charge is 0.144 e. The molecule has 1 nitrogen and oxygen atoms in total. The molecule has 0 aromatic heterocycles. The van der Waals surface area contributed by atoms with Crippen molar-refractivity contribution >= 4 is 33.4 Å². The summed E-state index contributed by atoms with van der Waals surface area (Å²) in [5.74, 6) is 0. The van der Waals surface area contributed by atoms with Gasteiger partial charge >= 0.3 is 0 Å². The maximum absolute atomic E-state index is 10.4. The second-order valence-electron chi connectivity index (χ2n) is 2.74. The van der Waals surface area contributed by atoms with E-state index >= 15 is 0 Å². The van der Waals surface area contributed by atoms with Crippen molar-refractivity contribution in [2.45, 2.75) is 0 Å². The zero-order chi connectivity index (χ0) is 9.80. The zero-order valence-electron chi connectivity index (χ0n) is 7.34. The van der Waals surface area contributed by atoms with Crippen LogP contribution in [0.2, 0.25) is 0 Å². The van der Waals surface area contributed by atoms with Crippen molar-refractivity contribution in [3.8, 4) is 0 Å². The van der Waals surface area contributed by atoms with E-state index < -0.39 is 0 Å². The summed E-state index contributed by atoms with van der Waals surface area (Å²) in [6.45, 7) is 0. The van der Waals surface area contributed by atoms with Crippen LogP contribution in [0.4, 0.5) is 0 Å². The summed E-state index contributed by atoms with van der Waals surface area (Å²) in [6.07, 6.45) is 2.45. The molecule has 0 atom stereocenters. The van der Waals surface area contributed by atoms with Gasteiger partial charge in [0.05, 0.1) is 0 Å². The highest BCUT2D eigenvalue weighted by Gasteiger charge is 2.14. The van der Waals surface area contributed by atoms with E-state index in [1.807, 2.05) is 18.2 Å². The number of aldehydes is 1. The van der Waals surface area contributed by atoms with Crippen LogP contribution in [0.5, 0.6) is 0 Å². The van der Waals surface area contributed by atoms with E-state index in [4.69, 9.17) is 0 Å². The first-order valence-electron chi connectivity index (χ1n) is 4.16. The Labute approximate surface area is 90.7 Å². The van der Waals surface area contributed by atoms with Crippen LogP contribution in [0.15, 0.2) is 46.7 Å². The molecule has 0 spiro atoms. The molecule has 1 aromatic rings. The van der Waals surface area contributed by atoms with Crippen LogP contribution in [0.25, 0.3) is 5.57 Å². The normalized spacial score (nSPS) is 18.3. The minimum Gasteiger partial charge on any atom is -0.299 e. The predicted octanol–water partition coefficient (Wildman–Crippen LogP) is 3.51. The summed E-state index contributed by atoms with van der Waals surface area (Å²) in [5.41, 5.74) is 2.31. The molecule has 1 aliphatic rings. The molecule has 14 heavy (non-hydrogen) atoms. The maximum Gasteiger partial charge on any atom is 0.144 e. The highest BCUT2D eigenvalue weighted by Crippen LogP contribution is 2.47. The van der Waals surface area contributed by atoms with E-state index in [1.54, 1.807) is 27.7 Å². The summed E-state index contributed by atoms with van der Waals surface area (Å²) < 4.78 is 0. The molecule has 1 aliphatic heterocycles. The first kappa shape index (κ1) is 9.62. The highest BCUT2D eigenvalue weighted by atomic mass is 33.1. The van der Waals surface area contributed by atoms with Crippen molar-refractivity contribution in [2.75, 3.05) is 0 Å². The van der Waals surface area contributed by atoms with Crippen LogP contribution in [0.1, 0.15) is 5.56 Å². The lowest BCUT2D eigenvalue weighted by Crippen LogP contribution is -1.82. The van der Waals surface area contributed by atoms with Gasteiger partial charge in [-0.2, -0.15) is 0 Å². The molecule has 0 amide bonds. The maximum atomic E-state index is 10.4. The standard InChI is InChI=1S/C11H8OS2/c12-7-6-11-10(8-13-14-11)9-4-2-1-3-5-9/h1-8H. The average molecular weight is 220 g/mol. The highest BCUT2D eigenvalue weighted by molar-refractivity contribution is 8.80. The molecule has 0 saturated heterocycles. The Hall–Kier alpha value is -0.930. The fourth-order valence-corrected chi connectivity index (χ4v) is 3.38. The number of carbonyl (C=O) groups is 1. The van der Waals surface area contributed by atoms with E-state index in [1.165, 1.54) is 0 Å². The molecular formula is C11H8OS2. The van der Waals surface area contributed by atoms with Gasteiger partial charge in [-0.25, -0.2) is 0 Å². The molecule has 0 aliphatic carbocycles. The van der Waals surface area contributed by atoms with Gasteiger partial charge in [-0.1, -0.05) is 51.9 Å². The van der Waals surface area contributed by atoms with Crippen molar-refractivity contribution in [3.63, 3.8) is 0 Å². The van der Waals surface area contributed by atoms with Gasteiger partial charge < -0.3 is 0 Å². The first-order valence-corrected chi connectivity index (χ1v) is 6.38. The molecule has 0 unspecified atom stereocenters. The Bertz CT molecular complexity index is 393. The van der Waals surface area contributed by atoms with Crippen LogP contribution in [-0.2, 0) is 4.79 Å². The molecule has 0 fully saturated rings. The van der Waals surface area contributed by atoms with Gasteiger partial charge in [0.2, 0.25) is 0 Å². The summed E-state index contributed by atoms with van der Waals surface area (Å²) in [5, 5.41) is 2.08. The Kier molecular flexibility index (Phi) is 3.11. The van der Waals surface area contributed by atoms with E-state index in [0.29, 0.717) is 0 Å². The van der Waals surface area contributed by atoms with Crippen LogP contribution in [0.3, 0.4) is 0 Å². The molecule has 3 heteroatoms. The minimum atomic E-state index is 0.838. The Morgan fingerprint density at radius 2 is 1.93 bits per heavy atom. The third kappa shape index (κ3) is 1.94. The summed E-state index contributed by atoms with van der Waals surface area (Å²) >= 11 is 0. The van der Waals surface area contributed by atoms with Crippen LogP contribution < -0.4 is 0 Å². The lowest BCUT2D eigenvalue weighted by atomic mass is 10.1. The summed E-state index contributed by atoms with van der Waals surface area (Å²) in [7, 11) is 3.28. The van der Waals surface area contributed by atoms with Gasteiger partial charge in [-0.3, -0.25) is 4.79 Å². The second kappa shape index (κ2) is 4.53. The van der Waals surface area contributed by atoms with Gasteiger partial charge in [-0.05, 0) is 17.0 Å². The molecule has 0 bridgehead atoms. The van der Waals surface area contributed by atoms with Gasteiger partial charge in [0.25, 0.3) is 0 Å². The van der Waals surface area contributed by atoms with Crippen molar-refractivity contribution in [3.05, 3.63) is 52.3 Å². The van der Waals surface area contributed by atoms with Gasteiger partial charge in [-0.15, -0.1) is 0 Å². The Morgan fingerprint density at radius 1 is 1.14 bits per heavy atom. The SMILES string of the molecule is O=CC=C1SSC=C1c1ccccc1. The molecule has 0 radical (unpaired) electrons. The number of benzene rings is 1. The van der Waals surface area contributed by atoms with Crippen molar-refractivity contribution in [1.82, 2.24) is 0 Å². The number of hydrogen-bond donors (Lipinski definition) is 0. The average Bonchev–Trinajstić information content (AvgIpc) is 2.68. The van der Waals surface area contributed by atoms with Crippen molar-refractivity contribution in [1.29, 1.82) is 0 Å². The van der Waals surface area contributed by atoms with Gasteiger partial charge in [0, 0.05) is 10.5 Å². The zero-order valence-corrected chi connectivity index (χ0v) is 8.98. The van der Waals surface area contributed by atoms with Crippen LogP contribution in [0, 0.1) is 0 Å². The molecule has 70 valence electrons. The molecular weight excluding hydrogens is 212 g/mol. The fourth-order valence-electron chi connectivity index (χ4n) is 1.23. The Morgan fingerprint density at radius 3 is 2.64 bits per heavy atom. The number of rotatable bonds is 2. The number of carbonyl (C=O) groups excluding carboxylic acids is 1. The largest absolute Gasteiger partial charge is 0.299 e. The first-order chi connectivity index (χ1) is 6.92. The third-order valence-corrected chi connectivity index (χ3v) is 3.95. The Balaban J connectivity index is 2.35. The molecule has 2 rings (SSSR count). The van der Waals surface area contributed by atoms with Crippen LogP contribution in [-0.4, -0.2) is 6.29 Å².